The van der Waals surface area contributed by atoms with Gasteiger partial charge >= 0.3 is 5.97 Å². The van der Waals surface area contributed by atoms with Crippen LogP contribution in [0.1, 0.15) is 10.5 Å². The maximum Gasteiger partial charge on any atom is 0.354 e. The second-order valence-electron chi connectivity index (χ2n) is 2.62. The standard InChI is InChI=1S/C9H8N2O2/c1-13-9(12)7-5-6-3-2-4-10-8(6)11-7/h2-5H,1H3,(H,10,11). The van der Waals surface area contributed by atoms with Gasteiger partial charge in [0, 0.05) is 11.6 Å². The van der Waals surface area contributed by atoms with Gasteiger partial charge in [-0.05, 0) is 18.2 Å². The number of aromatic nitrogens is 2. The third-order valence-corrected chi connectivity index (χ3v) is 1.80. The normalized spacial score (nSPS) is 10.2. The van der Waals surface area contributed by atoms with E-state index in [1.54, 1.807) is 12.3 Å². The number of pyridine rings is 1. The van der Waals surface area contributed by atoms with Gasteiger partial charge in [0.05, 0.1) is 7.11 Å². The van der Waals surface area contributed by atoms with E-state index in [2.05, 4.69) is 14.7 Å². The van der Waals surface area contributed by atoms with Crippen molar-refractivity contribution >= 4 is 17.0 Å². The van der Waals surface area contributed by atoms with E-state index in [1.807, 2.05) is 12.1 Å². The largest absolute Gasteiger partial charge is 0.464 e. The predicted molar refractivity (Wildman–Crippen MR) is 47.4 cm³/mol. The number of H-pyrrole nitrogens is 1. The first-order valence-corrected chi connectivity index (χ1v) is 3.83. The number of ether oxygens (including phenoxy) is 1. The number of nitrogens with zero attached hydrogens (tertiary/aromatic N) is 1. The fourth-order valence-electron chi connectivity index (χ4n) is 1.18. The number of aromatic amines is 1. The van der Waals surface area contributed by atoms with Crippen LogP contribution in [0.3, 0.4) is 0 Å². The van der Waals surface area contributed by atoms with E-state index in [0.29, 0.717) is 11.3 Å². The van der Waals surface area contributed by atoms with E-state index in [0.717, 1.165) is 5.39 Å². The van der Waals surface area contributed by atoms with Gasteiger partial charge in [-0.1, -0.05) is 0 Å². The molecular weight excluding hydrogens is 168 g/mol. The Morgan fingerprint density at radius 2 is 2.46 bits per heavy atom. The van der Waals surface area contributed by atoms with Crippen LogP contribution in [0.5, 0.6) is 0 Å². The highest BCUT2D eigenvalue weighted by Crippen LogP contribution is 2.12. The number of fused-ring (bicyclic) bond motifs is 1. The molecule has 0 aliphatic rings. The first kappa shape index (κ1) is 7.79. The molecule has 0 aliphatic heterocycles. The molecule has 0 saturated carbocycles. The topological polar surface area (TPSA) is 55.0 Å². The molecule has 0 saturated heterocycles. The lowest BCUT2D eigenvalue weighted by atomic mass is 10.3. The Balaban J connectivity index is 2.56. The summed E-state index contributed by atoms with van der Waals surface area (Å²) < 4.78 is 4.57. The fraction of sp³-hybridized carbons (Fsp3) is 0.111. The smallest absolute Gasteiger partial charge is 0.354 e. The van der Waals surface area contributed by atoms with Crippen molar-refractivity contribution in [1.29, 1.82) is 0 Å². The first-order chi connectivity index (χ1) is 6.31. The Morgan fingerprint density at radius 1 is 1.62 bits per heavy atom. The minimum atomic E-state index is -0.377. The van der Waals surface area contributed by atoms with Crippen molar-refractivity contribution in [2.24, 2.45) is 0 Å². The summed E-state index contributed by atoms with van der Waals surface area (Å²) in [5, 5.41) is 0.905. The fourth-order valence-corrected chi connectivity index (χ4v) is 1.18. The Bertz CT molecular complexity index is 415. The summed E-state index contributed by atoms with van der Waals surface area (Å²) in [6, 6.07) is 5.41. The second kappa shape index (κ2) is 2.90. The maximum atomic E-state index is 11.1. The highest BCUT2D eigenvalue weighted by molar-refractivity contribution is 5.93. The lowest BCUT2D eigenvalue weighted by Gasteiger charge is -1.91. The number of carbonyl (C=O) groups excluding carboxylic acids is 1. The van der Waals surface area contributed by atoms with Crippen molar-refractivity contribution in [2.75, 3.05) is 7.11 Å². The molecule has 13 heavy (non-hydrogen) atoms. The molecule has 2 aromatic heterocycles. The zero-order valence-corrected chi connectivity index (χ0v) is 7.07. The van der Waals surface area contributed by atoms with Crippen molar-refractivity contribution in [3.63, 3.8) is 0 Å². The van der Waals surface area contributed by atoms with Gasteiger partial charge in [-0.2, -0.15) is 0 Å². The minimum absolute atomic E-state index is 0.377. The molecule has 0 amide bonds. The SMILES string of the molecule is COC(=O)c1cc2cccnc2[nH]1. The summed E-state index contributed by atoms with van der Waals surface area (Å²) in [5.74, 6) is -0.377. The van der Waals surface area contributed by atoms with E-state index in [1.165, 1.54) is 7.11 Å². The molecule has 0 bridgehead atoms. The van der Waals surface area contributed by atoms with Crippen molar-refractivity contribution in [1.82, 2.24) is 9.97 Å². The Labute approximate surface area is 74.5 Å². The summed E-state index contributed by atoms with van der Waals surface area (Å²) in [6.07, 6.45) is 1.67. The quantitative estimate of drug-likeness (QED) is 0.667. The van der Waals surface area contributed by atoms with Gasteiger partial charge in [0.1, 0.15) is 11.3 Å². The van der Waals surface area contributed by atoms with Crippen LogP contribution in [-0.4, -0.2) is 23.0 Å². The van der Waals surface area contributed by atoms with Gasteiger partial charge in [-0.25, -0.2) is 9.78 Å². The lowest BCUT2D eigenvalue weighted by molar-refractivity contribution is 0.0595. The van der Waals surface area contributed by atoms with Crippen molar-refractivity contribution in [3.05, 3.63) is 30.1 Å². The molecule has 0 aliphatic carbocycles. The van der Waals surface area contributed by atoms with Crippen LogP contribution in [-0.2, 0) is 4.74 Å². The van der Waals surface area contributed by atoms with E-state index in [4.69, 9.17) is 0 Å². The molecule has 2 rings (SSSR count). The summed E-state index contributed by atoms with van der Waals surface area (Å²) in [4.78, 5) is 18.0. The highest BCUT2D eigenvalue weighted by atomic mass is 16.5. The van der Waals surface area contributed by atoms with Crippen LogP contribution in [0.15, 0.2) is 24.4 Å². The first-order valence-electron chi connectivity index (χ1n) is 3.83. The molecule has 66 valence electrons. The minimum Gasteiger partial charge on any atom is -0.464 e. The van der Waals surface area contributed by atoms with Gasteiger partial charge in [0.15, 0.2) is 0 Å². The van der Waals surface area contributed by atoms with E-state index in [-0.39, 0.29) is 5.97 Å². The molecule has 0 unspecified atom stereocenters. The number of carbonyl (C=O) groups is 1. The van der Waals surface area contributed by atoms with Gasteiger partial charge in [-0.3, -0.25) is 0 Å². The van der Waals surface area contributed by atoms with Gasteiger partial charge in [0.2, 0.25) is 0 Å². The zero-order valence-electron chi connectivity index (χ0n) is 7.07. The van der Waals surface area contributed by atoms with Crippen LogP contribution in [0.4, 0.5) is 0 Å². The second-order valence-corrected chi connectivity index (χ2v) is 2.62. The zero-order chi connectivity index (χ0) is 9.26. The van der Waals surface area contributed by atoms with E-state index >= 15 is 0 Å². The Kier molecular flexibility index (Phi) is 1.73. The summed E-state index contributed by atoms with van der Waals surface area (Å²) in [7, 11) is 1.35. The van der Waals surface area contributed by atoms with Crippen LogP contribution in [0, 0.1) is 0 Å². The lowest BCUT2D eigenvalue weighted by Crippen LogP contribution is -2.00. The highest BCUT2D eigenvalue weighted by Gasteiger charge is 2.08. The van der Waals surface area contributed by atoms with Crippen LogP contribution >= 0.6 is 0 Å². The molecule has 0 atom stereocenters. The van der Waals surface area contributed by atoms with Crippen molar-refractivity contribution < 1.29 is 9.53 Å². The van der Waals surface area contributed by atoms with Crippen LogP contribution < -0.4 is 0 Å². The van der Waals surface area contributed by atoms with Crippen molar-refractivity contribution in [2.45, 2.75) is 0 Å². The summed E-state index contributed by atoms with van der Waals surface area (Å²) in [6.45, 7) is 0. The predicted octanol–water partition coefficient (Wildman–Crippen LogP) is 1.35. The number of rotatable bonds is 1. The molecule has 0 spiro atoms. The molecule has 1 N–H and O–H groups in total. The molecule has 0 fully saturated rings. The monoisotopic (exact) mass is 176 g/mol. The van der Waals surface area contributed by atoms with Crippen molar-refractivity contribution in [3.8, 4) is 0 Å². The van der Waals surface area contributed by atoms with Crippen LogP contribution in [0.2, 0.25) is 0 Å². The number of hydrogen-bond donors (Lipinski definition) is 1. The third-order valence-electron chi connectivity index (χ3n) is 1.80. The molecule has 4 nitrogen and oxygen atoms in total. The van der Waals surface area contributed by atoms with E-state index < -0.39 is 0 Å². The van der Waals surface area contributed by atoms with Crippen LogP contribution in [0.25, 0.3) is 11.0 Å². The number of hydrogen-bond acceptors (Lipinski definition) is 3. The Hall–Kier alpha value is -1.84. The molecule has 2 heterocycles. The summed E-state index contributed by atoms with van der Waals surface area (Å²) >= 11 is 0. The average molecular weight is 176 g/mol. The molecule has 2 aromatic rings. The molecule has 0 aromatic carbocycles. The summed E-state index contributed by atoms with van der Waals surface area (Å²) in [5.41, 5.74) is 1.12. The van der Waals surface area contributed by atoms with Gasteiger partial charge in [0.25, 0.3) is 0 Å². The van der Waals surface area contributed by atoms with E-state index in [9.17, 15) is 4.79 Å². The number of esters is 1. The van der Waals surface area contributed by atoms with Gasteiger partial charge < -0.3 is 9.72 Å². The Morgan fingerprint density at radius 3 is 3.15 bits per heavy atom. The molecule has 4 heteroatoms. The molecular formula is C9H8N2O2. The number of nitrogens with one attached hydrogen (secondary N) is 1. The molecule has 0 radical (unpaired) electrons. The average Bonchev–Trinajstić information content (AvgIpc) is 2.59. The maximum absolute atomic E-state index is 11.1. The third kappa shape index (κ3) is 1.26. The van der Waals surface area contributed by atoms with Gasteiger partial charge in [-0.15, -0.1) is 0 Å². The number of methoxy groups -OCH3 is 1.